The van der Waals surface area contributed by atoms with Crippen molar-refractivity contribution in [1.82, 2.24) is 0 Å². The molecular formula is C48H87O9P. The first-order chi connectivity index (χ1) is 28.3. The maximum absolute atomic E-state index is 12.6. The highest BCUT2D eigenvalue weighted by atomic mass is 31.2. The number of phosphoric ester groups is 1. The molecule has 0 aromatic heterocycles. The highest BCUT2D eigenvalue weighted by Crippen LogP contribution is 2.43. The van der Waals surface area contributed by atoms with Crippen LogP contribution in [0.3, 0.4) is 0 Å². The molecule has 0 aliphatic carbocycles. The zero-order valence-corrected chi connectivity index (χ0v) is 37.9. The fraction of sp³-hybridized carbons (Fsp3) is 0.771. The third-order valence-corrected chi connectivity index (χ3v) is 10.7. The topological polar surface area (TPSA) is 132 Å². The molecule has 0 radical (unpaired) electrons. The molecule has 0 fully saturated rings. The van der Waals surface area contributed by atoms with E-state index in [0.29, 0.717) is 13.0 Å². The third-order valence-electron chi connectivity index (χ3n) is 9.72. The number of allylic oxidation sites excluding steroid dienone is 10. The van der Waals surface area contributed by atoms with Crippen LogP contribution in [0.15, 0.2) is 60.8 Å². The predicted molar refractivity (Wildman–Crippen MR) is 242 cm³/mol. The van der Waals surface area contributed by atoms with Crippen molar-refractivity contribution < 1.29 is 43.0 Å². The van der Waals surface area contributed by atoms with Gasteiger partial charge in [0.05, 0.1) is 26.4 Å². The van der Waals surface area contributed by atoms with Crippen molar-refractivity contribution in [2.45, 2.75) is 206 Å². The Morgan fingerprint density at radius 1 is 0.552 bits per heavy atom. The summed E-state index contributed by atoms with van der Waals surface area (Å²) in [4.78, 5) is 22.6. The lowest BCUT2D eigenvalue weighted by molar-refractivity contribution is -0.154. The molecule has 0 aromatic rings. The average molecular weight is 839 g/mol. The zero-order valence-electron chi connectivity index (χ0n) is 37.0. The lowest BCUT2D eigenvalue weighted by atomic mass is 10.0. The minimum Gasteiger partial charge on any atom is -0.457 e. The minimum atomic E-state index is -4.54. The molecule has 0 saturated heterocycles. The molecule has 3 atom stereocenters. The zero-order chi connectivity index (χ0) is 42.5. The first-order valence-electron chi connectivity index (χ1n) is 23.3. The second kappa shape index (κ2) is 44.7. The maximum Gasteiger partial charge on any atom is 0.472 e. The second-order valence-corrected chi connectivity index (χ2v) is 16.9. The van der Waals surface area contributed by atoms with E-state index >= 15 is 0 Å². The van der Waals surface area contributed by atoms with Gasteiger partial charge >= 0.3 is 13.8 Å². The summed E-state index contributed by atoms with van der Waals surface area (Å²) in [5.74, 6) is -0.437. The Balaban J connectivity index is 4.19. The molecule has 3 unspecified atom stereocenters. The molecule has 0 aromatic carbocycles. The lowest BCUT2D eigenvalue weighted by Crippen LogP contribution is -2.29. The number of esters is 1. The molecular weight excluding hydrogens is 751 g/mol. The first kappa shape index (κ1) is 56.2. The number of ether oxygens (including phenoxy) is 2. The largest absolute Gasteiger partial charge is 0.472 e. The van der Waals surface area contributed by atoms with Crippen LogP contribution >= 0.6 is 7.82 Å². The molecule has 0 saturated carbocycles. The summed E-state index contributed by atoms with van der Waals surface area (Å²) in [7, 11) is -4.54. The van der Waals surface area contributed by atoms with E-state index in [1.807, 2.05) is 0 Å². The van der Waals surface area contributed by atoms with Gasteiger partial charge < -0.3 is 24.6 Å². The summed E-state index contributed by atoms with van der Waals surface area (Å²) in [6, 6.07) is 0. The predicted octanol–water partition coefficient (Wildman–Crippen LogP) is 13.1. The van der Waals surface area contributed by atoms with Crippen LogP contribution in [0.2, 0.25) is 0 Å². The number of hydrogen-bond donors (Lipinski definition) is 3. The summed E-state index contributed by atoms with van der Waals surface area (Å²) in [5, 5.41) is 18.4. The van der Waals surface area contributed by atoms with Gasteiger partial charge in [0.1, 0.15) is 12.2 Å². The van der Waals surface area contributed by atoms with Crippen molar-refractivity contribution in [3.63, 3.8) is 0 Å². The summed E-state index contributed by atoms with van der Waals surface area (Å²) >= 11 is 0. The molecule has 0 amide bonds. The minimum absolute atomic E-state index is 0.0267. The monoisotopic (exact) mass is 839 g/mol. The van der Waals surface area contributed by atoms with E-state index in [1.165, 1.54) is 109 Å². The van der Waals surface area contributed by atoms with Crippen molar-refractivity contribution in [2.75, 3.05) is 33.0 Å². The second-order valence-electron chi connectivity index (χ2n) is 15.4. The molecule has 338 valence electrons. The normalized spacial score (nSPS) is 14.5. The molecule has 0 heterocycles. The molecule has 0 aliphatic heterocycles. The van der Waals surface area contributed by atoms with E-state index < -0.39 is 45.8 Å². The molecule has 58 heavy (non-hydrogen) atoms. The number of aliphatic hydroxyl groups is 2. The Labute approximate surface area is 355 Å². The Hall–Kier alpha value is -1.84. The van der Waals surface area contributed by atoms with E-state index in [-0.39, 0.29) is 13.0 Å². The number of aliphatic hydroxyl groups excluding tert-OH is 2. The van der Waals surface area contributed by atoms with E-state index in [4.69, 9.17) is 23.6 Å². The van der Waals surface area contributed by atoms with Crippen LogP contribution in [0.25, 0.3) is 0 Å². The van der Waals surface area contributed by atoms with Crippen molar-refractivity contribution in [3.8, 4) is 0 Å². The molecule has 10 heteroatoms. The third kappa shape index (κ3) is 43.7. The van der Waals surface area contributed by atoms with Gasteiger partial charge in [-0.3, -0.25) is 13.8 Å². The maximum atomic E-state index is 12.6. The number of unbranched alkanes of at least 4 members (excludes halogenated alkanes) is 20. The fourth-order valence-corrected chi connectivity index (χ4v) is 7.01. The van der Waals surface area contributed by atoms with Gasteiger partial charge in [0, 0.05) is 13.0 Å². The summed E-state index contributed by atoms with van der Waals surface area (Å²) in [6.07, 6.45) is 51.9. The van der Waals surface area contributed by atoms with E-state index in [1.54, 1.807) is 0 Å². The van der Waals surface area contributed by atoms with Crippen molar-refractivity contribution in [1.29, 1.82) is 0 Å². The molecule has 3 N–H and O–H groups in total. The van der Waals surface area contributed by atoms with Crippen LogP contribution in [0, 0.1) is 0 Å². The molecule has 0 spiro atoms. The Morgan fingerprint density at radius 3 is 1.41 bits per heavy atom. The molecule has 0 aliphatic rings. The number of carbonyl (C=O) groups is 1. The number of carbonyl (C=O) groups excluding carboxylic acids is 1. The van der Waals surface area contributed by atoms with E-state index in [9.17, 15) is 19.4 Å². The Morgan fingerprint density at radius 2 is 0.966 bits per heavy atom. The van der Waals surface area contributed by atoms with Crippen molar-refractivity contribution in [2.24, 2.45) is 0 Å². The van der Waals surface area contributed by atoms with Gasteiger partial charge in [-0.2, -0.15) is 0 Å². The van der Waals surface area contributed by atoms with Crippen molar-refractivity contribution >= 4 is 13.8 Å². The number of rotatable bonds is 44. The van der Waals surface area contributed by atoms with Gasteiger partial charge in [-0.25, -0.2) is 4.57 Å². The highest BCUT2D eigenvalue weighted by Gasteiger charge is 2.26. The van der Waals surface area contributed by atoms with Gasteiger partial charge in [-0.1, -0.05) is 197 Å². The van der Waals surface area contributed by atoms with E-state index in [0.717, 1.165) is 57.8 Å². The number of hydrogen-bond acceptors (Lipinski definition) is 8. The van der Waals surface area contributed by atoms with Gasteiger partial charge in [0.15, 0.2) is 0 Å². The first-order valence-corrected chi connectivity index (χ1v) is 24.8. The van der Waals surface area contributed by atoms with E-state index in [2.05, 4.69) is 74.6 Å². The molecule has 9 nitrogen and oxygen atoms in total. The van der Waals surface area contributed by atoms with Crippen LogP contribution in [0.1, 0.15) is 194 Å². The van der Waals surface area contributed by atoms with Gasteiger partial charge in [-0.15, -0.1) is 0 Å². The molecule has 0 rings (SSSR count). The van der Waals surface area contributed by atoms with Crippen LogP contribution < -0.4 is 0 Å². The summed E-state index contributed by atoms with van der Waals surface area (Å²) in [5.41, 5.74) is 0. The average Bonchev–Trinajstić information content (AvgIpc) is 3.21. The Kier molecular flexibility index (Phi) is 43.3. The standard InChI is InChI=1S/C48H87O9P/c1-3-5-7-9-11-13-15-17-19-21-22-23-25-27-29-31-33-35-37-39-41-54-44-47(45-56-58(52,53)55-43-46(50)42-49)57-48(51)40-38-36-34-32-30-28-26-24-20-18-16-14-12-10-8-6-4-2/h6,8,12,14,18,20,26,28,32,34,46-47,49-50H,3-5,7,9-11,13,15-17,19,21-25,27,29-31,33,35-45H2,1-2H3,(H,52,53)/b8-6-,14-12-,20-18-,28-26-,34-32-. The van der Waals surface area contributed by atoms with Crippen LogP contribution in [-0.2, 0) is 27.9 Å². The molecule has 0 bridgehead atoms. The van der Waals surface area contributed by atoms with Gasteiger partial charge in [-0.05, 0) is 51.4 Å². The van der Waals surface area contributed by atoms with Crippen LogP contribution in [0.5, 0.6) is 0 Å². The van der Waals surface area contributed by atoms with Gasteiger partial charge in [0.25, 0.3) is 0 Å². The number of phosphoric acid groups is 1. The van der Waals surface area contributed by atoms with Crippen molar-refractivity contribution in [3.05, 3.63) is 60.8 Å². The van der Waals surface area contributed by atoms with Crippen LogP contribution in [-0.4, -0.2) is 66.3 Å². The SMILES string of the molecule is CC/C=C\C/C=C\C/C=C\C/C=C\C/C=C\CCCC(=O)OC(COCCCCCCCCCCCCCCCCCCCCCC)COP(=O)(O)OCC(O)CO. The summed E-state index contributed by atoms with van der Waals surface area (Å²) < 4.78 is 33.4. The quantitative estimate of drug-likeness (QED) is 0.0237. The Bertz CT molecular complexity index is 1090. The smallest absolute Gasteiger partial charge is 0.457 e. The van der Waals surface area contributed by atoms with Crippen LogP contribution in [0.4, 0.5) is 0 Å². The van der Waals surface area contributed by atoms with Gasteiger partial charge in [0.2, 0.25) is 0 Å². The fourth-order valence-electron chi connectivity index (χ4n) is 6.22. The highest BCUT2D eigenvalue weighted by molar-refractivity contribution is 7.47. The summed E-state index contributed by atoms with van der Waals surface area (Å²) in [6.45, 7) is 3.35. The lowest BCUT2D eigenvalue weighted by Gasteiger charge is -2.20.